The minimum Gasteiger partial charge on any atom is -0.309 e. The van der Waals surface area contributed by atoms with Gasteiger partial charge in [0.25, 0.3) is 0 Å². The summed E-state index contributed by atoms with van der Waals surface area (Å²) >= 11 is 0. The molecule has 1 aliphatic heterocycles. The lowest BCUT2D eigenvalue weighted by molar-refractivity contribution is 0.104. The average Bonchev–Trinajstić information content (AvgIpc) is 3.01. The van der Waals surface area contributed by atoms with Crippen LogP contribution < -0.4 is 5.32 Å². The first-order valence-electron chi connectivity index (χ1n) is 7.04. The zero-order valence-corrected chi connectivity index (χ0v) is 11.5. The number of fused-ring (bicyclic) bond motifs is 2. The van der Waals surface area contributed by atoms with Gasteiger partial charge in [0.15, 0.2) is 5.78 Å². The molecule has 21 heavy (non-hydrogen) atoms. The van der Waals surface area contributed by atoms with Crippen LogP contribution in [0.25, 0.3) is 10.9 Å². The van der Waals surface area contributed by atoms with Crippen molar-refractivity contribution in [3.8, 4) is 0 Å². The summed E-state index contributed by atoms with van der Waals surface area (Å²) in [4.78, 5) is 17.1. The summed E-state index contributed by atoms with van der Waals surface area (Å²) in [5, 5.41) is 4.21. The molecule has 0 amide bonds. The fraction of sp³-hybridized carbons (Fsp3) is 0.111. The molecule has 4 rings (SSSR count). The van der Waals surface area contributed by atoms with E-state index in [1.54, 1.807) is 6.20 Å². The Morgan fingerprint density at radius 2 is 1.90 bits per heavy atom. The number of carbonyl (C=O) groups is 1. The Kier molecular flexibility index (Phi) is 2.79. The number of carbonyl (C=O) groups excluding carboxylic acids is 1. The molecule has 0 radical (unpaired) electrons. The molecule has 3 nitrogen and oxygen atoms in total. The monoisotopic (exact) mass is 274 g/mol. The number of ketones is 1. The fourth-order valence-corrected chi connectivity index (χ4v) is 2.89. The third-order valence-corrected chi connectivity index (χ3v) is 3.99. The van der Waals surface area contributed by atoms with Gasteiger partial charge in [-0.1, -0.05) is 30.3 Å². The topological polar surface area (TPSA) is 42.0 Å². The van der Waals surface area contributed by atoms with Gasteiger partial charge in [-0.05, 0) is 29.3 Å². The van der Waals surface area contributed by atoms with Gasteiger partial charge in [-0.2, -0.15) is 0 Å². The van der Waals surface area contributed by atoms with E-state index in [4.69, 9.17) is 0 Å². The molecule has 0 atom stereocenters. The number of rotatable bonds is 2. The molecule has 0 saturated heterocycles. The van der Waals surface area contributed by atoms with Crippen molar-refractivity contribution in [1.29, 1.82) is 0 Å². The van der Waals surface area contributed by atoms with E-state index in [1.807, 2.05) is 48.5 Å². The predicted molar refractivity (Wildman–Crippen MR) is 82.2 cm³/mol. The first-order chi connectivity index (χ1) is 10.3. The SMILES string of the molecule is O=C(c1ccc2c(c1)CNC2)c1cccc2ncccc12. The van der Waals surface area contributed by atoms with E-state index in [0.29, 0.717) is 5.56 Å². The van der Waals surface area contributed by atoms with Crippen molar-refractivity contribution in [2.24, 2.45) is 0 Å². The van der Waals surface area contributed by atoms with E-state index in [0.717, 1.165) is 29.6 Å². The second-order valence-electron chi connectivity index (χ2n) is 5.29. The van der Waals surface area contributed by atoms with Crippen LogP contribution >= 0.6 is 0 Å². The number of benzene rings is 2. The maximum Gasteiger partial charge on any atom is 0.193 e. The van der Waals surface area contributed by atoms with Crippen LogP contribution in [0.4, 0.5) is 0 Å². The molecule has 3 aromatic rings. The number of nitrogens with one attached hydrogen (secondary N) is 1. The number of hydrogen-bond donors (Lipinski definition) is 1. The minimum absolute atomic E-state index is 0.0586. The van der Waals surface area contributed by atoms with Gasteiger partial charge in [-0.15, -0.1) is 0 Å². The molecule has 2 heterocycles. The summed E-state index contributed by atoms with van der Waals surface area (Å²) in [6, 6.07) is 15.5. The van der Waals surface area contributed by atoms with Crippen molar-refractivity contribution in [3.05, 3.63) is 77.0 Å². The average molecular weight is 274 g/mol. The van der Waals surface area contributed by atoms with Crippen LogP contribution in [0.1, 0.15) is 27.0 Å². The summed E-state index contributed by atoms with van der Waals surface area (Å²) in [6.07, 6.45) is 1.75. The van der Waals surface area contributed by atoms with Gasteiger partial charge in [-0.3, -0.25) is 9.78 Å². The van der Waals surface area contributed by atoms with Gasteiger partial charge in [0.2, 0.25) is 0 Å². The van der Waals surface area contributed by atoms with Gasteiger partial charge in [0, 0.05) is 35.8 Å². The normalized spacial score (nSPS) is 13.3. The highest BCUT2D eigenvalue weighted by Gasteiger charge is 2.16. The molecule has 0 bridgehead atoms. The van der Waals surface area contributed by atoms with Crippen molar-refractivity contribution in [2.75, 3.05) is 0 Å². The van der Waals surface area contributed by atoms with Crippen molar-refractivity contribution in [1.82, 2.24) is 10.3 Å². The highest BCUT2D eigenvalue weighted by molar-refractivity contribution is 6.16. The van der Waals surface area contributed by atoms with Crippen LogP contribution in [0.15, 0.2) is 54.7 Å². The van der Waals surface area contributed by atoms with Gasteiger partial charge in [-0.25, -0.2) is 0 Å². The highest BCUT2D eigenvalue weighted by Crippen LogP contribution is 2.23. The van der Waals surface area contributed by atoms with E-state index in [1.165, 1.54) is 11.1 Å². The minimum atomic E-state index is 0.0586. The maximum atomic E-state index is 12.8. The van der Waals surface area contributed by atoms with Crippen LogP contribution in [0, 0.1) is 0 Å². The van der Waals surface area contributed by atoms with Crippen molar-refractivity contribution in [3.63, 3.8) is 0 Å². The van der Waals surface area contributed by atoms with Crippen molar-refractivity contribution >= 4 is 16.7 Å². The first-order valence-corrected chi connectivity index (χ1v) is 7.04. The van der Waals surface area contributed by atoms with Crippen molar-refractivity contribution in [2.45, 2.75) is 13.1 Å². The van der Waals surface area contributed by atoms with Gasteiger partial charge in [0.1, 0.15) is 0 Å². The van der Waals surface area contributed by atoms with E-state index >= 15 is 0 Å². The summed E-state index contributed by atoms with van der Waals surface area (Å²) in [5.41, 5.74) is 4.82. The van der Waals surface area contributed by atoms with Crippen molar-refractivity contribution < 1.29 is 4.79 Å². The summed E-state index contributed by atoms with van der Waals surface area (Å²) in [7, 11) is 0. The van der Waals surface area contributed by atoms with E-state index in [-0.39, 0.29) is 5.78 Å². The zero-order chi connectivity index (χ0) is 14.2. The molecule has 1 aromatic heterocycles. The standard InChI is InChI=1S/C18H14N2O/c21-18(12-6-7-13-10-19-11-14(13)9-12)16-3-1-5-17-15(16)4-2-8-20-17/h1-9,19H,10-11H2. The molecule has 102 valence electrons. The largest absolute Gasteiger partial charge is 0.309 e. The Morgan fingerprint density at radius 1 is 1.00 bits per heavy atom. The Hall–Kier alpha value is -2.52. The molecular formula is C18H14N2O. The summed E-state index contributed by atoms with van der Waals surface area (Å²) < 4.78 is 0. The molecule has 0 saturated carbocycles. The Balaban J connectivity index is 1.83. The molecule has 3 heteroatoms. The van der Waals surface area contributed by atoms with Crippen LogP contribution in [0.5, 0.6) is 0 Å². The van der Waals surface area contributed by atoms with Crippen LogP contribution in [-0.2, 0) is 13.1 Å². The summed E-state index contributed by atoms with van der Waals surface area (Å²) in [6.45, 7) is 1.73. The Bertz CT molecular complexity index is 849. The van der Waals surface area contributed by atoms with Crippen LogP contribution in [0.3, 0.4) is 0 Å². The lowest BCUT2D eigenvalue weighted by Gasteiger charge is -2.07. The van der Waals surface area contributed by atoms with Gasteiger partial charge >= 0.3 is 0 Å². The smallest absolute Gasteiger partial charge is 0.193 e. The molecule has 0 fully saturated rings. The second kappa shape index (κ2) is 4.79. The Morgan fingerprint density at radius 3 is 2.86 bits per heavy atom. The molecule has 2 aromatic carbocycles. The lowest BCUT2D eigenvalue weighted by Crippen LogP contribution is -2.03. The highest BCUT2D eigenvalue weighted by atomic mass is 16.1. The van der Waals surface area contributed by atoms with Gasteiger partial charge in [0.05, 0.1) is 5.52 Å². The molecule has 0 aliphatic carbocycles. The molecule has 0 spiro atoms. The predicted octanol–water partition coefficient (Wildman–Crippen LogP) is 3.07. The second-order valence-corrected chi connectivity index (χ2v) is 5.29. The Labute approximate surface area is 122 Å². The third-order valence-electron chi connectivity index (χ3n) is 3.99. The fourth-order valence-electron chi connectivity index (χ4n) is 2.89. The lowest BCUT2D eigenvalue weighted by atomic mass is 9.97. The molecule has 0 unspecified atom stereocenters. The number of nitrogens with zero attached hydrogens (tertiary/aromatic N) is 1. The van der Waals surface area contributed by atoms with E-state index in [9.17, 15) is 4.79 Å². The third kappa shape index (κ3) is 2.03. The van der Waals surface area contributed by atoms with Crippen LogP contribution in [-0.4, -0.2) is 10.8 Å². The number of hydrogen-bond acceptors (Lipinski definition) is 3. The zero-order valence-electron chi connectivity index (χ0n) is 11.5. The number of pyridine rings is 1. The van der Waals surface area contributed by atoms with E-state index in [2.05, 4.69) is 10.3 Å². The van der Waals surface area contributed by atoms with Crippen LogP contribution in [0.2, 0.25) is 0 Å². The molecule has 1 aliphatic rings. The molecule has 1 N–H and O–H groups in total. The first kappa shape index (κ1) is 12.2. The van der Waals surface area contributed by atoms with E-state index < -0.39 is 0 Å². The quantitative estimate of drug-likeness (QED) is 0.730. The van der Waals surface area contributed by atoms with Gasteiger partial charge < -0.3 is 5.32 Å². The summed E-state index contributed by atoms with van der Waals surface area (Å²) in [5.74, 6) is 0.0586. The maximum absolute atomic E-state index is 12.8. The number of aromatic nitrogens is 1. The molecular weight excluding hydrogens is 260 g/mol.